The van der Waals surface area contributed by atoms with E-state index < -0.39 is 18.0 Å². The molecule has 0 aliphatic carbocycles. The minimum atomic E-state index is -1.18. The van der Waals surface area contributed by atoms with Gasteiger partial charge in [-0.25, -0.2) is 4.79 Å². The minimum Gasteiger partial charge on any atom is -0.502 e. The second-order valence-corrected chi connectivity index (χ2v) is 4.32. The normalized spacial score (nSPS) is 10.5. The Morgan fingerprint density at radius 2 is 1.73 bits per heavy atom. The molecule has 1 heterocycles. The molecule has 0 saturated heterocycles. The second-order valence-electron chi connectivity index (χ2n) is 4.32. The van der Waals surface area contributed by atoms with Crippen LogP contribution in [0.4, 0.5) is 0 Å². The number of carbonyl (C=O) groups is 1. The van der Waals surface area contributed by atoms with Crippen LogP contribution in [-0.4, -0.2) is 37.5 Å². The summed E-state index contributed by atoms with van der Waals surface area (Å²) in [6.07, 6.45) is -0.517. The Labute approximate surface area is 124 Å². The van der Waals surface area contributed by atoms with Crippen LogP contribution in [0.3, 0.4) is 0 Å². The van der Waals surface area contributed by atoms with Crippen molar-refractivity contribution < 1.29 is 33.6 Å². The number of aromatic hydroxyl groups is 1. The van der Waals surface area contributed by atoms with E-state index in [0.29, 0.717) is 0 Å². The van der Waals surface area contributed by atoms with Crippen molar-refractivity contribution in [3.05, 3.63) is 22.0 Å². The highest BCUT2D eigenvalue weighted by atomic mass is 16.5. The first-order chi connectivity index (χ1) is 10.4. The van der Waals surface area contributed by atoms with Gasteiger partial charge in [-0.2, -0.15) is 0 Å². The number of benzene rings is 1. The van der Waals surface area contributed by atoms with Crippen molar-refractivity contribution in [2.75, 3.05) is 21.3 Å². The molecule has 2 rings (SSSR count). The number of hydrogen-bond donors (Lipinski definition) is 2. The van der Waals surface area contributed by atoms with Crippen LogP contribution in [0.15, 0.2) is 15.3 Å². The Kier molecular flexibility index (Phi) is 4.11. The molecule has 0 saturated carbocycles. The van der Waals surface area contributed by atoms with Crippen molar-refractivity contribution >= 4 is 16.9 Å². The van der Waals surface area contributed by atoms with Gasteiger partial charge in [-0.05, 0) is 6.07 Å². The predicted octanol–water partition coefficient (Wildman–Crippen LogP) is 1.15. The molecule has 0 aliphatic rings. The fourth-order valence-electron chi connectivity index (χ4n) is 2.16. The predicted molar refractivity (Wildman–Crippen MR) is 75.1 cm³/mol. The lowest BCUT2D eigenvalue weighted by atomic mass is 10.1. The summed E-state index contributed by atoms with van der Waals surface area (Å²) in [4.78, 5) is 22.7. The zero-order valence-electron chi connectivity index (χ0n) is 12.1. The van der Waals surface area contributed by atoms with E-state index in [9.17, 15) is 14.7 Å². The lowest BCUT2D eigenvalue weighted by molar-refractivity contribution is -0.136. The quantitative estimate of drug-likeness (QED) is 0.790. The minimum absolute atomic E-state index is 0.00635. The molecule has 0 bridgehead atoms. The molecule has 22 heavy (non-hydrogen) atoms. The molecule has 2 aromatic rings. The summed E-state index contributed by atoms with van der Waals surface area (Å²) in [6, 6.07) is 1.29. The number of phenolic OH excluding ortho intramolecular Hbond substituents is 1. The van der Waals surface area contributed by atoms with Crippen LogP contribution in [-0.2, 0) is 11.2 Å². The Balaban J connectivity index is 2.92. The molecule has 0 spiro atoms. The Morgan fingerprint density at radius 1 is 1.14 bits per heavy atom. The van der Waals surface area contributed by atoms with Crippen molar-refractivity contribution in [1.82, 2.24) is 0 Å². The number of phenols is 1. The SMILES string of the molecule is COc1c(O)c(OC)c2cc(CC(=O)O)c(=O)oc2c1OC. The van der Waals surface area contributed by atoms with E-state index in [-0.39, 0.29) is 39.5 Å². The van der Waals surface area contributed by atoms with Crippen LogP contribution in [0.2, 0.25) is 0 Å². The van der Waals surface area contributed by atoms with Crippen LogP contribution in [0.1, 0.15) is 5.56 Å². The van der Waals surface area contributed by atoms with Crippen molar-refractivity contribution in [3.8, 4) is 23.0 Å². The van der Waals surface area contributed by atoms with Gasteiger partial charge in [0.2, 0.25) is 17.2 Å². The molecular weight excluding hydrogens is 296 g/mol. The van der Waals surface area contributed by atoms with Crippen molar-refractivity contribution in [1.29, 1.82) is 0 Å². The fourth-order valence-corrected chi connectivity index (χ4v) is 2.16. The van der Waals surface area contributed by atoms with E-state index >= 15 is 0 Å². The maximum absolute atomic E-state index is 11.9. The summed E-state index contributed by atoms with van der Waals surface area (Å²) in [5, 5.41) is 19.2. The highest BCUT2D eigenvalue weighted by molar-refractivity contribution is 5.95. The molecule has 0 atom stereocenters. The molecule has 0 amide bonds. The molecule has 1 aromatic carbocycles. The largest absolute Gasteiger partial charge is 0.502 e. The monoisotopic (exact) mass is 310 g/mol. The van der Waals surface area contributed by atoms with E-state index in [1.807, 2.05) is 0 Å². The lowest BCUT2D eigenvalue weighted by Gasteiger charge is -2.15. The van der Waals surface area contributed by atoms with Gasteiger partial charge in [-0.15, -0.1) is 0 Å². The Hall–Kier alpha value is -2.90. The maximum Gasteiger partial charge on any atom is 0.340 e. The van der Waals surface area contributed by atoms with E-state index in [0.717, 1.165) is 0 Å². The zero-order chi connectivity index (χ0) is 16.4. The number of carboxylic acid groups (broad SMARTS) is 1. The fraction of sp³-hybridized carbons (Fsp3) is 0.286. The average molecular weight is 310 g/mol. The summed E-state index contributed by atoms with van der Waals surface area (Å²) >= 11 is 0. The molecule has 0 aliphatic heterocycles. The number of carboxylic acids is 1. The third kappa shape index (κ3) is 2.39. The summed E-state index contributed by atoms with van der Waals surface area (Å²) in [5.74, 6) is -1.58. The van der Waals surface area contributed by atoms with Crippen molar-refractivity contribution in [2.24, 2.45) is 0 Å². The highest BCUT2D eigenvalue weighted by Crippen LogP contribution is 2.49. The van der Waals surface area contributed by atoms with Gasteiger partial charge in [0.15, 0.2) is 11.3 Å². The average Bonchev–Trinajstić information content (AvgIpc) is 2.47. The van der Waals surface area contributed by atoms with Gasteiger partial charge >= 0.3 is 11.6 Å². The number of ether oxygens (including phenoxy) is 3. The summed E-state index contributed by atoms with van der Waals surface area (Å²) in [7, 11) is 3.93. The lowest BCUT2D eigenvalue weighted by Crippen LogP contribution is -2.12. The van der Waals surface area contributed by atoms with E-state index in [1.54, 1.807) is 0 Å². The first kappa shape index (κ1) is 15.5. The number of methoxy groups -OCH3 is 3. The maximum atomic E-state index is 11.9. The summed E-state index contributed by atoms with van der Waals surface area (Å²) in [6.45, 7) is 0. The first-order valence-electron chi connectivity index (χ1n) is 6.14. The highest BCUT2D eigenvalue weighted by Gasteiger charge is 2.25. The molecule has 8 nitrogen and oxygen atoms in total. The van der Waals surface area contributed by atoms with E-state index in [4.69, 9.17) is 23.7 Å². The molecule has 118 valence electrons. The zero-order valence-corrected chi connectivity index (χ0v) is 12.1. The summed E-state index contributed by atoms with van der Waals surface area (Å²) in [5.41, 5.74) is -0.902. The van der Waals surface area contributed by atoms with Crippen LogP contribution in [0.5, 0.6) is 23.0 Å². The molecule has 0 fully saturated rings. The van der Waals surface area contributed by atoms with Crippen LogP contribution < -0.4 is 19.8 Å². The molecule has 8 heteroatoms. The van der Waals surface area contributed by atoms with Crippen LogP contribution >= 0.6 is 0 Å². The van der Waals surface area contributed by atoms with Gasteiger partial charge in [0.25, 0.3) is 0 Å². The van der Waals surface area contributed by atoms with Gasteiger partial charge in [-0.3, -0.25) is 4.79 Å². The van der Waals surface area contributed by atoms with Gasteiger partial charge < -0.3 is 28.8 Å². The Bertz CT molecular complexity index is 790. The number of aliphatic carboxylic acids is 1. The molecule has 1 aromatic heterocycles. The van der Waals surface area contributed by atoms with Crippen LogP contribution in [0.25, 0.3) is 11.0 Å². The second kappa shape index (κ2) is 5.84. The van der Waals surface area contributed by atoms with E-state index in [2.05, 4.69) is 0 Å². The van der Waals surface area contributed by atoms with Gasteiger partial charge in [0, 0.05) is 5.56 Å². The van der Waals surface area contributed by atoms with E-state index in [1.165, 1.54) is 27.4 Å². The van der Waals surface area contributed by atoms with Gasteiger partial charge in [-0.1, -0.05) is 0 Å². The number of rotatable bonds is 5. The van der Waals surface area contributed by atoms with Crippen molar-refractivity contribution in [3.63, 3.8) is 0 Å². The molecule has 0 radical (unpaired) electrons. The smallest absolute Gasteiger partial charge is 0.340 e. The first-order valence-corrected chi connectivity index (χ1v) is 6.14. The molecule has 2 N–H and O–H groups in total. The van der Waals surface area contributed by atoms with Gasteiger partial charge in [0.05, 0.1) is 33.1 Å². The number of fused-ring (bicyclic) bond motifs is 1. The summed E-state index contributed by atoms with van der Waals surface area (Å²) < 4.78 is 20.4. The standard InChI is InChI=1S/C14H14O8/c1-19-10-7-4-6(5-8(15)16)14(18)22-11(7)13(21-3)12(20-2)9(10)17/h4,17H,5H2,1-3H3,(H,15,16). The third-order valence-electron chi connectivity index (χ3n) is 3.06. The van der Waals surface area contributed by atoms with Gasteiger partial charge in [0.1, 0.15) is 0 Å². The molecule has 0 unspecified atom stereocenters. The van der Waals surface area contributed by atoms with Crippen LogP contribution in [0, 0.1) is 0 Å². The molecular formula is C14H14O8. The topological polar surface area (TPSA) is 115 Å². The number of hydrogen-bond acceptors (Lipinski definition) is 7. The van der Waals surface area contributed by atoms with Crippen molar-refractivity contribution in [2.45, 2.75) is 6.42 Å². The Morgan fingerprint density at radius 3 is 2.23 bits per heavy atom. The third-order valence-corrected chi connectivity index (χ3v) is 3.06.